The number of rotatable bonds is 2. The molecule has 0 aromatic carbocycles. The predicted octanol–water partition coefficient (Wildman–Crippen LogP) is 2.99. The zero-order valence-corrected chi connectivity index (χ0v) is 9.62. The highest BCUT2D eigenvalue weighted by Crippen LogP contribution is 2.49. The zero-order chi connectivity index (χ0) is 10.9. The second-order valence-corrected chi connectivity index (χ2v) is 5.19. The lowest BCUT2D eigenvalue weighted by molar-refractivity contribution is -0.0740. The van der Waals surface area contributed by atoms with Crippen LogP contribution in [0.2, 0.25) is 0 Å². The van der Waals surface area contributed by atoms with E-state index in [2.05, 4.69) is 13.8 Å². The summed E-state index contributed by atoms with van der Waals surface area (Å²) in [6.45, 7) is 5.62. The molecule has 1 aliphatic heterocycles. The fourth-order valence-electron chi connectivity index (χ4n) is 3.13. The first-order chi connectivity index (χ1) is 7.16. The molecular weight excluding hydrogens is 192 g/mol. The van der Waals surface area contributed by atoms with Gasteiger partial charge in [-0.3, -0.25) is 0 Å². The third-order valence-electron chi connectivity index (χ3n) is 4.08. The molecule has 1 heterocycles. The molecule has 86 valence electrons. The van der Waals surface area contributed by atoms with Crippen LogP contribution >= 0.6 is 0 Å². The molecular formula is C12H20O3. The maximum Gasteiger partial charge on any atom is 0.508 e. The summed E-state index contributed by atoms with van der Waals surface area (Å²) in [7, 11) is 0. The Bertz CT molecular complexity index is 239. The highest BCUT2D eigenvalue weighted by atomic mass is 16.7. The Morgan fingerprint density at radius 3 is 2.67 bits per heavy atom. The van der Waals surface area contributed by atoms with Crippen molar-refractivity contribution < 1.29 is 14.3 Å². The van der Waals surface area contributed by atoms with Gasteiger partial charge in [-0.15, -0.1) is 0 Å². The number of hydrogen-bond acceptors (Lipinski definition) is 3. The van der Waals surface area contributed by atoms with Crippen LogP contribution in [0.4, 0.5) is 4.79 Å². The smallest absolute Gasteiger partial charge is 0.434 e. The molecule has 1 spiro atoms. The Balaban J connectivity index is 1.99. The van der Waals surface area contributed by atoms with Gasteiger partial charge in [0.05, 0.1) is 0 Å². The number of hydrogen-bond donors (Lipinski definition) is 0. The van der Waals surface area contributed by atoms with Crippen LogP contribution in [-0.2, 0) is 9.47 Å². The van der Waals surface area contributed by atoms with Crippen LogP contribution < -0.4 is 0 Å². The van der Waals surface area contributed by atoms with Crippen molar-refractivity contribution in [3.63, 3.8) is 0 Å². The molecule has 2 atom stereocenters. The predicted molar refractivity (Wildman–Crippen MR) is 56.5 cm³/mol. The average molecular weight is 212 g/mol. The van der Waals surface area contributed by atoms with Crippen LogP contribution in [0.15, 0.2) is 0 Å². The van der Waals surface area contributed by atoms with E-state index in [1.165, 1.54) is 19.3 Å². The summed E-state index contributed by atoms with van der Waals surface area (Å²) in [6, 6.07) is 0. The first-order valence-corrected chi connectivity index (χ1v) is 5.96. The highest BCUT2D eigenvalue weighted by Gasteiger charge is 2.48. The second kappa shape index (κ2) is 4.03. The van der Waals surface area contributed by atoms with E-state index in [-0.39, 0.29) is 5.41 Å². The van der Waals surface area contributed by atoms with E-state index >= 15 is 0 Å². The van der Waals surface area contributed by atoms with Gasteiger partial charge in [-0.05, 0) is 24.7 Å². The molecule has 2 rings (SSSR count). The van der Waals surface area contributed by atoms with Gasteiger partial charge in [-0.2, -0.15) is 0 Å². The van der Waals surface area contributed by atoms with Crippen LogP contribution in [0.5, 0.6) is 0 Å². The molecule has 0 bridgehead atoms. The maximum absolute atomic E-state index is 10.9. The van der Waals surface area contributed by atoms with Crippen molar-refractivity contribution in [1.29, 1.82) is 0 Å². The molecule has 1 saturated carbocycles. The molecule has 3 heteroatoms. The standard InChI is InChI=1S/C12H20O3/c1-3-4-10-5-9(2)12(6-10)7-14-11(13)15-8-12/h9-10H,3-8H2,1-2H3. The van der Waals surface area contributed by atoms with Crippen molar-refractivity contribution in [2.24, 2.45) is 17.3 Å². The van der Waals surface area contributed by atoms with Crippen LogP contribution in [0.1, 0.15) is 39.5 Å². The summed E-state index contributed by atoms with van der Waals surface area (Å²) in [5.74, 6) is 1.41. The Labute approximate surface area is 91.1 Å². The van der Waals surface area contributed by atoms with Gasteiger partial charge >= 0.3 is 6.16 Å². The quantitative estimate of drug-likeness (QED) is 0.660. The summed E-state index contributed by atoms with van der Waals surface area (Å²) in [5, 5.41) is 0. The molecule has 0 aromatic heterocycles. The van der Waals surface area contributed by atoms with Gasteiger partial charge in [0.1, 0.15) is 13.2 Å². The largest absolute Gasteiger partial charge is 0.508 e. The van der Waals surface area contributed by atoms with Crippen molar-refractivity contribution >= 4 is 6.16 Å². The molecule has 0 aromatic rings. The zero-order valence-electron chi connectivity index (χ0n) is 9.62. The normalized spacial score (nSPS) is 33.9. The van der Waals surface area contributed by atoms with Gasteiger partial charge in [-0.1, -0.05) is 26.7 Å². The number of carbonyl (C=O) groups is 1. The van der Waals surface area contributed by atoms with Gasteiger partial charge in [0.15, 0.2) is 0 Å². The fraction of sp³-hybridized carbons (Fsp3) is 0.917. The van der Waals surface area contributed by atoms with Crippen molar-refractivity contribution in [3.05, 3.63) is 0 Å². The molecule has 1 aliphatic carbocycles. The lowest BCUT2D eigenvalue weighted by Gasteiger charge is -2.35. The molecule has 15 heavy (non-hydrogen) atoms. The molecule has 1 saturated heterocycles. The van der Waals surface area contributed by atoms with Gasteiger partial charge in [0.2, 0.25) is 0 Å². The van der Waals surface area contributed by atoms with E-state index in [9.17, 15) is 4.79 Å². The highest BCUT2D eigenvalue weighted by molar-refractivity contribution is 5.60. The second-order valence-electron chi connectivity index (χ2n) is 5.19. The van der Waals surface area contributed by atoms with Crippen molar-refractivity contribution in [2.75, 3.05) is 13.2 Å². The van der Waals surface area contributed by atoms with Crippen LogP contribution in [0.3, 0.4) is 0 Å². The van der Waals surface area contributed by atoms with E-state index in [0.29, 0.717) is 19.1 Å². The summed E-state index contributed by atoms with van der Waals surface area (Å²) in [4.78, 5) is 10.9. The van der Waals surface area contributed by atoms with Crippen molar-refractivity contribution in [1.82, 2.24) is 0 Å². The minimum atomic E-state index is -0.494. The molecule has 0 amide bonds. The Morgan fingerprint density at radius 1 is 1.40 bits per heavy atom. The van der Waals surface area contributed by atoms with E-state index < -0.39 is 6.16 Å². The fourth-order valence-corrected chi connectivity index (χ4v) is 3.13. The summed E-state index contributed by atoms with van der Waals surface area (Å²) >= 11 is 0. The topological polar surface area (TPSA) is 35.5 Å². The molecule has 2 unspecified atom stereocenters. The molecule has 3 nitrogen and oxygen atoms in total. The van der Waals surface area contributed by atoms with Gasteiger partial charge in [0, 0.05) is 5.41 Å². The maximum atomic E-state index is 10.9. The molecule has 2 aliphatic rings. The third-order valence-corrected chi connectivity index (χ3v) is 4.08. The third kappa shape index (κ3) is 1.97. The number of ether oxygens (including phenoxy) is 2. The molecule has 0 N–H and O–H groups in total. The number of carbonyl (C=O) groups excluding carboxylic acids is 1. The monoisotopic (exact) mass is 212 g/mol. The van der Waals surface area contributed by atoms with Crippen LogP contribution in [0.25, 0.3) is 0 Å². The SMILES string of the molecule is CCCC1CC(C)C2(COC(=O)OC2)C1. The minimum Gasteiger partial charge on any atom is -0.434 e. The minimum absolute atomic E-state index is 0.119. The van der Waals surface area contributed by atoms with Crippen molar-refractivity contribution in [2.45, 2.75) is 39.5 Å². The Morgan fingerprint density at radius 2 is 2.07 bits per heavy atom. The summed E-state index contributed by atoms with van der Waals surface area (Å²) in [5.41, 5.74) is 0.119. The Kier molecular flexibility index (Phi) is 2.89. The first-order valence-electron chi connectivity index (χ1n) is 5.96. The average Bonchev–Trinajstić information content (AvgIpc) is 2.50. The van der Waals surface area contributed by atoms with E-state index in [0.717, 1.165) is 12.3 Å². The lowest BCUT2D eigenvalue weighted by Crippen LogP contribution is -2.41. The van der Waals surface area contributed by atoms with E-state index in [1.807, 2.05) is 0 Å². The first kappa shape index (κ1) is 10.8. The van der Waals surface area contributed by atoms with Gasteiger partial charge in [-0.25, -0.2) is 4.79 Å². The summed E-state index contributed by atoms with van der Waals surface area (Å²) < 4.78 is 10.1. The van der Waals surface area contributed by atoms with Gasteiger partial charge < -0.3 is 9.47 Å². The Hall–Kier alpha value is -0.730. The van der Waals surface area contributed by atoms with Crippen LogP contribution in [0, 0.1) is 17.3 Å². The van der Waals surface area contributed by atoms with E-state index in [1.54, 1.807) is 0 Å². The number of cyclic esters (lactones) is 2. The van der Waals surface area contributed by atoms with Crippen LogP contribution in [-0.4, -0.2) is 19.4 Å². The lowest BCUT2D eigenvalue weighted by atomic mass is 9.79. The van der Waals surface area contributed by atoms with Gasteiger partial charge in [0.25, 0.3) is 0 Å². The molecule has 2 fully saturated rings. The summed E-state index contributed by atoms with van der Waals surface area (Å²) in [6.07, 6.45) is 4.46. The molecule has 0 radical (unpaired) electrons. The van der Waals surface area contributed by atoms with Crippen molar-refractivity contribution in [3.8, 4) is 0 Å². The van der Waals surface area contributed by atoms with E-state index in [4.69, 9.17) is 9.47 Å².